The number of amides is 1. The molecule has 2 N–H and O–H groups in total. The third kappa shape index (κ3) is 3.60. The molecule has 8 heteroatoms. The van der Waals surface area contributed by atoms with Gasteiger partial charge < -0.3 is 19.9 Å². The molecule has 0 aromatic carbocycles. The van der Waals surface area contributed by atoms with Crippen LogP contribution < -0.4 is 5.73 Å². The second-order valence-electron chi connectivity index (χ2n) is 5.83. The third-order valence-electron chi connectivity index (χ3n) is 4.16. The average molecular weight is 331 g/mol. The van der Waals surface area contributed by atoms with Gasteiger partial charge in [-0.3, -0.25) is 9.78 Å². The highest BCUT2D eigenvalue weighted by Crippen LogP contribution is 2.28. The van der Waals surface area contributed by atoms with Crippen LogP contribution in [0.3, 0.4) is 0 Å². The molecular formula is C16H21N5O3. The Balaban J connectivity index is 1.59. The normalized spacial score (nSPS) is 17.0. The molecule has 1 atom stereocenters. The van der Waals surface area contributed by atoms with Crippen molar-refractivity contribution in [3.8, 4) is 11.5 Å². The van der Waals surface area contributed by atoms with E-state index in [1.807, 2.05) is 18.2 Å². The van der Waals surface area contributed by atoms with Crippen LogP contribution >= 0.6 is 0 Å². The van der Waals surface area contributed by atoms with E-state index < -0.39 is 6.04 Å². The molecule has 1 unspecified atom stereocenters. The van der Waals surface area contributed by atoms with Gasteiger partial charge in [0.1, 0.15) is 11.7 Å². The molecule has 1 saturated heterocycles. The van der Waals surface area contributed by atoms with Crippen LogP contribution in [-0.4, -0.2) is 58.8 Å². The minimum atomic E-state index is -0.606. The maximum Gasteiger partial charge on any atom is 0.241 e. The second-order valence-corrected chi connectivity index (χ2v) is 5.83. The lowest BCUT2D eigenvalue weighted by atomic mass is 9.96. The highest BCUT2D eigenvalue weighted by Gasteiger charge is 2.29. The molecule has 1 fully saturated rings. The first-order chi connectivity index (χ1) is 11.7. The molecule has 24 heavy (non-hydrogen) atoms. The SMILES string of the molecule is COCC(N)C(=O)N1CCC(c2nc(-c3ccccn3)no2)CC1. The van der Waals surface area contributed by atoms with Gasteiger partial charge in [-0.15, -0.1) is 0 Å². The largest absolute Gasteiger partial charge is 0.383 e. The molecule has 8 nitrogen and oxygen atoms in total. The van der Waals surface area contributed by atoms with E-state index in [9.17, 15) is 4.79 Å². The number of likely N-dealkylation sites (tertiary alicyclic amines) is 1. The Hall–Kier alpha value is -2.32. The zero-order chi connectivity index (χ0) is 16.9. The Morgan fingerprint density at radius 1 is 1.46 bits per heavy atom. The van der Waals surface area contributed by atoms with Crippen molar-refractivity contribution >= 4 is 5.91 Å². The number of carbonyl (C=O) groups excluding carboxylic acids is 1. The van der Waals surface area contributed by atoms with Crippen molar-refractivity contribution < 1.29 is 14.1 Å². The average Bonchev–Trinajstić information content (AvgIpc) is 3.12. The maximum atomic E-state index is 12.2. The number of nitrogens with zero attached hydrogens (tertiary/aromatic N) is 4. The van der Waals surface area contributed by atoms with Gasteiger partial charge in [-0.25, -0.2) is 0 Å². The Morgan fingerprint density at radius 2 is 2.25 bits per heavy atom. The number of pyridine rings is 1. The summed E-state index contributed by atoms with van der Waals surface area (Å²) >= 11 is 0. The molecule has 0 saturated carbocycles. The van der Waals surface area contributed by atoms with E-state index in [4.69, 9.17) is 15.0 Å². The Kier molecular flexibility index (Phi) is 5.17. The smallest absolute Gasteiger partial charge is 0.241 e. The fourth-order valence-corrected chi connectivity index (χ4v) is 2.83. The van der Waals surface area contributed by atoms with E-state index >= 15 is 0 Å². The fraction of sp³-hybridized carbons (Fsp3) is 0.500. The van der Waals surface area contributed by atoms with Crippen LogP contribution in [-0.2, 0) is 9.53 Å². The van der Waals surface area contributed by atoms with Gasteiger partial charge in [0, 0.05) is 32.3 Å². The Morgan fingerprint density at radius 3 is 2.92 bits per heavy atom. The molecule has 0 radical (unpaired) electrons. The number of carbonyl (C=O) groups is 1. The quantitative estimate of drug-likeness (QED) is 0.864. The van der Waals surface area contributed by atoms with E-state index in [0.29, 0.717) is 30.5 Å². The topological polar surface area (TPSA) is 107 Å². The van der Waals surface area contributed by atoms with Crippen LogP contribution in [0.2, 0.25) is 0 Å². The lowest BCUT2D eigenvalue weighted by Gasteiger charge is -2.32. The first kappa shape index (κ1) is 16.5. The highest BCUT2D eigenvalue weighted by molar-refractivity contribution is 5.81. The minimum Gasteiger partial charge on any atom is -0.383 e. The van der Waals surface area contributed by atoms with Crippen LogP contribution in [0.25, 0.3) is 11.5 Å². The van der Waals surface area contributed by atoms with Crippen LogP contribution in [0.5, 0.6) is 0 Å². The van der Waals surface area contributed by atoms with Gasteiger partial charge in [-0.1, -0.05) is 11.2 Å². The van der Waals surface area contributed by atoms with E-state index in [1.165, 1.54) is 7.11 Å². The maximum absolute atomic E-state index is 12.2. The van der Waals surface area contributed by atoms with Crippen LogP contribution in [0, 0.1) is 0 Å². The minimum absolute atomic E-state index is 0.0741. The summed E-state index contributed by atoms with van der Waals surface area (Å²) < 4.78 is 10.3. The summed E-state index contributed by atoms with van der Waals surface area (Å²) in [5, 5.41) is 4.00. The van der Waals surface area contributed by atoms with E-state index in [2.05, 4.69) is 15.1 Å². The van der Waals surface area contributed by atoms with Crippen molar-refractivity contribution in [2.24, 2.45) is 5.73 Å². The monoisotopic (exact) mass is 331 g/mol. The number of nitrogens with two attached hydrogens (primary N) is 1. The van der Waals surface area contributed by atoms with E-state index in [0.717, 1.165) is 12.8 Å². The lowest BCUT2D eigenvalue weighted by Crippen LogP contribution is -2.48. The van der Waals surface area contributed by atoms with Crippen molar-refractivity contribution in [3.63, 3.8) is 0 Å². The number of hydrogen-bond acceptors (Lipinski definition) is 7. The molecule has 3 rings (SSSR count). The summed E-state index contributed by atoms with van der Waals surface area (Å²) in [5.74, 6) is 1.17. The number of rotatable bonds is 5. The predicted octanol–water partition coefficient (Wildman–Crippen LogP) is 0.811. The van der Waals surface area contributed by atoms with Crippen LogP contribution in [0.15, 0.2) is 28.9 Å². The molecule has 0 aliphatic carbocycles. The van der Waals surface area contributed by atoms with Crippen molar-refractivity contribution in [1.29, 1.82) is 0 Å². The Bertz CT molecular complexity index is 667. The summed E-state index contributed by atoms with van der Waals surface area (Å²) in [6.45, 7) is 1.49. The van der Waals surface area contributed by atoms with Gasteiger partial charge in [0.15, 0.2) is 0 Å². The first-order valence-electron chi connectivity index (χ1n) is 7.97. The molecule has 2 aromatic heterocycles. The van der Waals surface area contributed by atoms with E-state index in [-0.39, 0.29) is 18.4 Å². The molecule has 0 spiro atoms. The van der Waals surface area contributed by atoms with Crippen molar-refractivity contribution in [2.75, 3.05) is 26.8 Å². The van der Waals surface area contributed by atoms with Gasteiger partial charge in [0.2, 0.25) is 17.6 Å². The molecular weight excluding hydrogens is 310 g/mol. The molecule has 3 heterocycles. The number of aromatic nitrogens is 3. The molecule has 1 amide bonds. The summed E-state index contributed by atoms with van der Waals surface area (Å²) in [4.78, 5) is 22.6. The van der Waals surface area contributed by atoms with Crippen LogP contribution in [0.1, 0.15) is 24.7 Å². The fourth-order valence-electron chi connectivity index (χ4n) is 2.83. The van der Waals surface area contributed by atoms with Crippen LogP contribution in [0.4, 0.5) is 0 Å². The molecule has 128 valence electrons. The molecule has 2 aromatic rings. The van der Waals surface area contributed by atoms with Crippen molar-refractivity contribution in [1.82, 2.24) is 20.0 Å². The van der Waals surface area contributed by atoms with E-state index in [1.54, 1.807) is 11.1 Å². The first-order valence-corrected chi connectivity index (χ1v) is 7.97. The lowest BCUT2D eigenvalue weighted by molar-refractivity contribution is -0.134. The van der Waals surface area contributed by atoms with Gasteiger partial charge in [-0.2, -0.15) is 4.98 Å². The highest BCUT2D eigenvalue weighted by atomic mass is 16.5. The summed E-state index contributed by atoms with van der Waals surface area (Å²) in [5.41, 5.74) is 6.49. The number of methoxy groups -OCH3 is 1. The van der Waals surface area contributed by atoms with Crippen molar-refractivity contribution in [2.45, 2.75) is 24.8 Å². The Labute approximate surface area is 140 Å². The number of ether oxygens (including phenoxy) is 1. The van der Waals surface area contributed by atoms with Gasteiger partial charge in [0.05, 0.1) is 6.61 Å². The number of piperidine rings is 1. The van der Waals surface area contributed by atoms with Gasteiger partial charge >= 0.3 is 0 Å². The molecule has 1 aliphatic rings. The van der Waals surface area contributed by atoms with Gasteiger partial charge in [-0.05, 0) is 25.0 Å². The zero-order valence-corrected chi connectivity index (χ0v) is 13.6. The van der Waals surface area contributed by atoms with Crippen molar-refractivity contribution in [3.05, 3.63) is 30.3 Å². The summed E-state index contributed by atoms with van der Waals surface area (Å²) in [6, 6.07) is 4.95. The zero-order valence-electron chi connectivity index (χ0n) is 13.6. The van der Waals surface area contributed by atoms with Gasteiger partial charge in [0.25, 0.3) is 0 Å². The molecule has 1 aliphatic heterocycles. The predicted molar refractivity (Wildman–Crippen MR) is 85.9 cm³/mol. The standard InChI is InChI=1S/C16H21N5O3/c1-23-10-12(17)16(22)21-8-5-11(6-9-21)15-19-14(20-24-15)13-4-2-3-7-18-13/h2-4,7,11-12H,5-6,8-10,17H2,1H3. The summed E-state index contributed by atoms with van der Waals surface area (Å²) in [7, 11) is 1.54. The third-order valence-corrected chi connectivity index (χ3v) is 4.16. The number of hydrogen-bond donors (Lipinski definition) is 1. The summed E-state index contributed by atoms with van der Waals surface area (Å²) in [6.07, 6.45) is 3.24. The second kappa shape index (κ2) is 7.50. The molecule has 0 bridgehead atoms.